The van der Waals surface area contributed by atoms with Gasteiger partial charge in [0.05, 0.1) is 7.11 Å². The molecule has 2 atom stereocenters. The van der Waals surface area contributed by atoms with E-state index in [0.717, 1.165) is 24.3 Å². The number of benzene rings is 1. The molecule has 9 heteroatoms. The zero-order valence-electron chi connectivity index (χ0n) is 26.4. The van der Waals surface area contributed by atoms with Gasteiger partial charge in [-0.2, -0.15) is 0 Å². The van der Waals surface area contributed by atoms with Crippen molar-refractivity contribution in [1.82, 2.24) is 4.90 Å². The van der Waals surface area contributed by atoms with Crippen molar-refractivity contribution in [2.75, 3.05) is 46.4 Å². The molecular weight excluding hydrogens is 512 g/mol. The smallest absolute Gasteiger partial charge is 0.412 e. The van der Waals surface area contributed by atoms with E-state index in [1.165, 1.54) is 5.56 Å². The fraction of sp³-hybridized carbons (Fsp3) is 0.767. The van der Waals surface area contributed by atoms with Crippen molar-refractivity contribution >= 4 is 20.1 Å². The first kappa shape index (κ1) is 31.7. The maximum Gasteiger partial charge on any atom is 0.412 e. The summed E-state index contributed by atoms with van der Waals surface area (Å²) in [6.07, 6.45) is 2.15. The quantitative estimate of drug-likeness (QED) is 0.236. The van der Waals surface area contributed by atoms with Crippen LogP contribution < -0.4 is 9.64 Å². The van der Waals surface area contributed by atoms with Gasteiger partial charge in [0, 0.05) is 51.9 Å². The number of carbonyl (C=O) groups is 1. The molecule has 2 aliphatic rings. The number of methoxy groups -OCH3 is 3. The normalized spacial score (nSPS) is 23.3. The van der Waals surface area contributed by atoms with Crippen LogP contribution in [0, 0.1) is 0 Å². The number of amides is 1. The fourth-order valence-corrected chi connectivity index (χ4v) is 7.27. The molecule has 39 heavy (non-hydrogen) atoms. The molecule has 1 aromatic rings. The average molecular weight is 565 g/mol. The van der Waals surface area contributed by atoms with Gasteiger partial charge in [-0.3, -0.25) is 4.90 Å². The van der Waals surface area contributed by atoms with Gasteiger partial charge in [0.15, 0.2) is 14.6 Å². The third-order valence-electron chi connectivity index (χ3n) is 9.28. The van der Waals surface area contributed by atoms with Gasteiger partial charge in [-0.15, -0.1) is 0 Å². The molecule has 0 bridgehead atoms. The average Bonchev–Trinajstić information content (AvgIpc) is 3.26. The van der Waals surface area contributed by atoms with Crippen LogP contribution in [-0.2, 0) is 24.1 Å². The molecule has 222 valence electrons. The van der Waals surface area contributed by atoms with E-state index in [-0.39, 0.29) is 17.4 Å². The molecule has 0 aliphatic carbocycles. The number of fused-ring (bicyclic) bond motifs is 3. The van der Waals surface area contributed by atoms with E-state index in [0.29, 0.717) is 26.0 Å². The van der Waals surface area contributed by atoms with Crippen LogP contribution in [0.2, 0.25) is 18.1 Å². The molecule has 0 spiro atoms. The van der Waals surface area contributed by atoms with Gasteiger partial charge in [0.1, 0.15) is 17.0 Å². The highest BCUT2D eigenvalue weighted by molar-refractivity contribution is 6.74. The minimum absolute atomic E-state index is 0.109. The molecule has 0 radical (unpaired) electrons. The largest absolute Gasteiger partial charge is 0.497 e. The van der Waals surface area contributed by atoms with Crippen LogP contribution >= 0.6 is 0 Å². The Bertz CT molecular complexity index is 1020. The summed E-state index contributed by atoms with van der Waals surface area (Å²) in [5.74, 6) is 0.810. The van der Waals surface area contributed by atoms with Gasteiger partial charge in [-0.25, -0.2) is 4.79 Å². The number of ether oxygens (including phenoxy) is 4. The van der Waals surface area contributed by atoms with Gasteiger partial charge in [0.25, 0.3) is 0 Å². The number of nitrogens with zero attached hydrogens (tertiary/aromatic N) is 2. The van der Waals surface area contributed by atoms with E-state index in [9.17, 15) is 4.79 Å². The number of hydrogen-bond donors (Lipinski definition) is 0. The van der Waals surface area contributed by atoms with E-state index in [4.69, 9.17) is 23.4 Å². The molecule has 2 heterocycles. The number of rotatable bonds is 10. The predicted molar refractivity (Wildman–Crippen MR) is 158 cm³/mol. The van der Waals surface area contributed by atoms with Gasteiger partial charge in [-0.1, -0.05) is 20.8 Å². The lowest BCUT2D eigenvalue weighted by molar-refractivity contribution is -0.114. The Morgan fingerprint density at radius 3 is 2.23 bits per heavy atom. The van der Waals surface area contributed by atoms with Crippen molar-refractivity contribution in [1.29, 1.82) is 0 Å². The molecule has 8 nitrogen and oxygen atoms in total. The highest BCUT2D eigenvalue weighted by atomic mass is 28.4. The molecule has 0 unspecified atom stereocenters. The van der Waals surface area contributed by atoms with Gasteiger partial charge in [-0.05, 0) is 81.9 Å². The lowest BCUT2D eigenvalue weighted by atomic mass is 9.68. The van der Waals surface area contributed by atoms with Crippen molar-refractivity contribution in [3.05, 3.63) is 23.8 Å². The van der Waals surface area contributed by atoms with Crippen LogP contribution in [0.15, 0.2) is 18.2 Å². The Balaban J connectivity index is 2.16. The van der Waals surface area contributed by atoms with E-state index in [1.807, 2.05) is 31.7 Å². The molecule has 3 rings (SSSR count). The first-order valence-electron chi connectivity index (χ1n) is 14.1. The summed E-state index contributed by atoms with van der Waals surface area (Å²) in [7, 11) is 5.13. The lowest BCUT2D eigenvalue weighted by Crippen LogP contribution is -2.64. The van der Waals surface area contributed by atoms with Crippen LogP contribution in [-0.4, -0.2) is 78.4 Å². The van der Waals surface area contributed by atoms with Crippen LogP contribution in [0.1, 0.15) is 72.8 Å². The summed E-state index contributed by atoms with van der Waals surface area (Å²) in [5, 5.41) is 0.109. The number of anilines is 1. The topological polar surface area (TPSA) is 69.7 Å². The Labute approximate surface area is 237 Å². The number of hydrogen-bond acceptors (Lipinski definition) is 7. The van der Waals surface area contributed by atoms with Gasteiger partial charge in [0.2, 0.25) is 0 Å². The summed E-state index contributed by atoms with van der Waals surface area (Å²) >= 11 is 0. The van der Waals surface area contributed by atoms with Crippen molar-refractivity contribution in [2.45, 2.75) is 108 Å². The molecule has 1 fully saturated rings. The van der Waals surface area contributed by atoms with Crippen LogP contribution in [0.5, 0.6) is 5.75 Å². The number of likely N-dealkylation sites (tertiary alicyclic amines) is 1. The second-order valence-electron chi connectivity index (χ2n) is 13.5. The fourth-order valence-electron chi connectivity index (χ4n) is 6.22. The van der Waals surface area contributed by atoms with Gasteiger partial charge < -0.3 is 28.3 Å². The third-order valence-corrected chi connectivity index (χ3v) is 13.8. The van der Waals surface area contributed by atoms with Gasteiger partial charge >= 0.3 is 6.09 Å². The predicted octanol–water partition coefficient (Wildman–Crippen LogP) is 6.53. The Hall–Kier alpha value is -1.81. The SMILES string of the molecule is COc1ccc2c(c1)[C@]1(CCO[Si](C)(C)C(C)(C)C)CCN(C(=O)OC(C)(C)C)[C@]1(CCC(OC)OC)N2C. The monoisotopic (exact) mass is 564 g/mol. The summed E-state index contributed by atoms with van der Waals surface area (Å²) in [4.78, 5) is 18.1. The molecule has 1 aromatic carbocycles. The van der Waals surface area contributed by atoms with Crippen LogP contribution in [0.4, 0.5) is 10.5 Å². The highest BCUT2D eigenvalue weighted by Gasteiger charge is 2.68. The molecule has 0 aromatic heterocycles. The second kappa shape index (κ2) is 11.2. The van der Waals surface area contributed by atoms with E-state index in [2.05, 4.69) is 57.9 Å². The molecule has 1 saturated heterocycles. The minimum atomic E-state index is -1.98. The summed E-state index contributed by atoms with van der Waals surface area (Å²) in [5.41, 5.74) is 0.611. The molecule has 2 aliphatic heterocycles. The standard InChI is InChI=1S/C30H52N2O6Si/c1-27(2,3)38-26(33)32-19-17-29(18-20-37-39(11,12)28(4,5)6)23-21-22(34-8)13-14-24(23)31(7)30(29,32)16-15-25(35-9)36-10/h13-14,21,25H,15-20H2,1-12H3/t29-,30+/m1/s1. The zero-order valence-corrected chi connectivity index (χ0v) is 27.4. The summed E-state index contributed by atoms with van der Waals surface area (Å²) < 4.78 is 29.7. The number of carbonyl (C=O) groups excluding carboxylic acids is 1. The molecule has 0 saturated carbocycles. The zero-order chi connectivity index (χ0) is 29.4. The first-order chi connectivity index (χ1) is 18.0. The Morgan fingerprint density at radius 2 is 1.69 bits per heavy atom. The van der Waals surface area contributed by atoms with Crippen molar-refractivity contribution in [3.63, 3.8) is 0 Å². The number of likely N-dealkylation sites (N-methyl/N-ethyl adjacent to an activating group) is 1. The Morgan fingerprint density at radius 1 is 1.05 bits per heavy atom. The highest BCUT2D eigenvalue weighted by Crippen LogP contribution is 2.62. The lowest BCUT2D eigenvalue weighted by Gasteiger charge is -2.50. The summed E-state index contributed by atoms with van der Waals surface area (Å²) in [6, 6.07) is 6.26. The van der Waals surface area contributed by atoms with Crippen molar-refractivity contribution < 1.29 is 28.2 Å². The minimum Gasteiger partial charge on any atom is -0.497 e. The molecule has 1 amide bonds. The van der Waals surface area contributed by atoms with E-state index < -0.39 is 25.0 Å². The maximum absolute atomic E-state index is 13.9. The molecular formula is C30H52N2O6Si. The Kier molecular flexibility index (Phi) is 9.12. The van der Waals surface area contributed by atoms with E-state index in [1.54, 1.807) is 21.3 Å². The third kappa shape index (κ3) is 5.69. The molecule has 0 N–H and O–H groups in total. The van der Waals surface area contributed by atoms with Crippen molar-refractivity contribution in [3.8, 4) is 5.75 Å². The van der Waals surface area contributed by atoms with E-state index >= 15 is 0 Å². The maximum atomic E-state index is 13.9. The first-order valence-corrected chi connectivity index (χ1v) is 17.0. The summed E-state index contributed by atoms with van der Waals surface area (Å²) in [6.45, 7) is 18.3. The second-order valence-corrected chi connectivity index (χ2v) is 18.3. The van der Waals surface area contributed by atoms with Crippen LogP contribution in [0.25, 0.3) is 0 Å². The van der Waals surface area contributed by atoms with Crippen molar-refractivity contribution in [2.24, 2.45) is 0 Å². The van der Waals surface area contributed by atoms with Crippen LogP contribution in [0.3, 0.4) is 0 Å².